The quantitative estimate of drug-likeness (QED) is 0.518. The molecule has 7 nitrogen and oxygen atoms in total. The van der Waals surface area contributed by atoms with E-state index in [1.54, 1.807) is 42.2 Å². The molecule has 0 aliphatic heterocycles. The van der Waals surface area contributed by atoms with Crippen LogP contribution < -0.4 is 9.64 Å². The lowest BCUT2D eigenvalue weighted by atomic mass is 10.2. The number of aryl methyl sites for hydroxylation is 2. The summed E-state index contributed by atoms with van der Waals surface area (Å²) in [5.74, 6) is 0.804. The van der Waals surface area contributed by atoms with Crippen LogP contribution in [0.25, 0.3) is 10.2 Å². The summed E-state index contributed by atoms with van der Waals surface area (Å²) in [4.78, 5) is 28.2. The minimum Gasteiger partial charge on any atom is -0.494 e. The van der Waals surface area contributed by atoms with E-state index < -0.39 is 0 Å². The number of hydrogen-bond acceptors (Lipinski definition) is 6. The topological polar surface area (TPSA) is 73.1 Å². The molecule has 0 aliphatic carbocycles. The van der Waals surface area contributed by atoms with Gasteiger partial charge in [-0.1, -0.05) is 23.5 Å². The van der Waals surface area contributed by atoms with Crippen molar-refractivity contribution in [2.45, 2.75) is 13.5 Å². The molecule has 28 heavy (non-hydrogen) atoms. The van der Waals surface area contributed by atoms with Gasteiger partial charge in [0.2, 0.25) is 0 Å². The Kier molecular flexibility index (Phi) is 4.79. The predicted molar refractivity (Wildman–Crippen MR) is 109 cm³/mol. The normalized spacial score (nSPS) is 11.0. The minimum absolute atomic E-state index is 0.228. The predicted octanol–water partition coefficient (Wildman–Crippen LogP) is 3.59. The molecule has 142 valence electrons. The number of aromatic nitrogens is 4. The van der Waals surface area contributed by atoms with E-state index >= 15 is 0 Å². The van der Waals surface area contributed by atoms with E-state index in [0.29, 0.717) is 23.3 Å². The lowest BCUT2D eigenvalue weighted by molar-refractivity contribution is 0.0972. The van der Waals surface area contributed by atoms with Crippen LogP contribution in [0.5, 0.6) is 5.75 Å². The molecule has 8 heteroatoms. The molecule has 0 saturated carbocycles. The molecule has 0 spiro atoms. The molecule has 1 aromatic carbocycles. The molecule has 4 rings (SSSR count). The van der Waals surface area contributed by atoms with Crippen LogP contribution in [0.2, 0.25) is 0 Å². The smallest absolute Gasteiger partial charge is 0.296 e. The van der Waals surface area contributed by atoms with Crippen molar-refractivity contribution >= 4 is 32.6 Å². The van der Waals surface area contributed by atoms with Crippen molar-refractivity contribution in [3.8, 4) is 5.75 Å². The molecule has 0 radical (unpaired) electrons. The Morgan fingerprint density at radius 3 is 2.75 bits per heavy atom. The molecule has 1 amide bonds. The number of benzene rings is 1. The third-order valence-corrected chi connectivity index (χ3v) is 5.66. The number of carbonyl (C=O) groups is 1. The van der Waals surface area contributed by atoms with E-state index in [1.807, 2.05) is 37.3 Å². The van der Waals surface area contributed by atoms with Crippen LogP contribution in [0.3, 0.4) is 0 Å². The van der Waals surface area contributed by atoms with Gasteiger partial charge in [0.15, 0.2) is 11.0 Å². The Morgan fingerprint density at radius 1 is 1.21 bits per heavy atom. The second kappa shape index (κ2) is 7.40. The highest BCUT2D eigenvalue weighted by Crippen LogP contribution is 2.37. The first-order chi connectivity index (χ1) is 13.6. The van der Waals surface area contributed by atoms with Gasteiger partial charge in [-0.15, -0.1) is 0 Å². The van der Waals surface area contributed by atoms with E-state index in [0.717, 1.165) is 21.5 Å². The Labute approximate surface area is 166 Å². The first-order valence-electron chi connectivity index (χ1n) is 8.71. The lowest BCUT2D eigenvalue weighted by Crippen LogP contribution is -2.32. The average molecular weight is 393 g/mol. The summed E-state index contributed by atoms with van der Waals surface area (Å²) in [5.41, 5.74) is 2.61. The van der Waals surface area contributed by atoms with Crippen LogP contribution in [0.15, 0.2) is 48.9 Å². The van der Waals surface area contributed by atoms with Crippen LogP contribution >= 0.6 is 11.3 Å². The number of anilines is 1. The summed E-state index contributed by atoms with van der Waals surface area (Å²) in [5, 5.41) is 0.584. The molecule has 0 unspecified atom stereocenters. The van der Waals surface area contributed by atoms with Gasteiger partial charge < -0.3 is 9.30 Å². The maximum Gasteiger partial charge on any atom is 0.296 e. The minimum atomic E-state index is -0.228. The van der Waals surface area contributed by atoms with Crippen molar-refractivity contribution in [2.24, 2.45) is 7.05 Å². The van der Waals surface area contributed by atoms with Crippen LogP contribution in [-0.2, 0) is 13.6 Å². The third-order valence-electron chi connectivity index (χ3n) is 4.45. The molecule has 0 atom stereocenters. The lowest BCUT2D eigenvalue weighted by Gasteiger charge is -2.19. The number of nitrogens with zero attached hydrogens (tertiary/aromatic N) is 5. The highest BCUT2D eigenvalue weighted by atomic mass is 32.1. The molecular formula is C20H19N5O2S. The Morgan fingerprint density at radius 2 is 2.07 bits per heavy atom. The Hall–Kier alpha value is -3.26. The maximum atomic E-state index is 13.3. The third kappa shape index (κ3) is 3.22. The highest BCUT2D eigenvalue weighted by molar-refractivity contribution is 7.22. The number of amides is 1. The van der Waals surface area contributed by atoms with Gasteiger partial charge in [0.25, 0.3) is 5.91 Å². The van der Waals surface area contributed by atoms with Gasteiger partial charge in [-0.2, -0.15) is 0 Å². The largest absolute Gasteiger partial charge is 0.494 e. The maximum absolute atomic E-state index is 13.3. The van der Waals surface area contributed by atoms with Crippen molar-refractivity contribution in [3.63, 3.8) is 0 Å². The number of carbonyl (C=O) groups excluding carboxylic acids is 1. The van der Waals surface area contributed by atoms with E-state index in [-0.39, 0.29) is 5.91 Å². The van der Waals surface area contributed by atoms with E-state index in [4.69, 9.17) is 9.72 Å². The summed E-state index contributed by atoms with van der Waals surface area (Å²) >= 11 is 1.46. The van der Waals surface area contributed by atoms with Crippen molar-refractivity contribution in [2.75, 3.05) is 12.0 Å². The summed E-state index contributed by atoms with van der Waals surface area (Å²) in [6, 6.07) is 9.52. The fraction of sp³-hybridized carbons (Fsp3) is 0.200. The summed E-state index contributed by atoms with van der Waals surface area (Å²) in [7, 11) is 3.42. The second-order valence-corrected chi connectivity index (χ2v) is 7.31. The van der Waals surface area contributed by atoms with E-state index in [9.17, 15) is 4.79 Å². The number of hydrogen-bond donors (Lipinski definition) is 0. The van der Waals surface area contributed by atoms with Gasteiger partial charge in [0.1, 0.15) is 11.3 Å². The fourth-order valence-corrected chi connectivity index (χ4v) is 4.00. The zero-order chi connectivity index (χ0) is 19.7. The van der Waals surface area contributed by atoms with Crippen LogP contribution in [0.1, 0.15) is 21.9 Å². The van der Waals surface area contributed by atoms with E-state index in [1.165, 1.54) is 11.3 Å². The van der Waals surface area contributed by atoms with Gasteiger partial charge in [0, 0.05) is 25.6 Å². The van der Waals surface area contributed by atoms with Crippen LogP contribution in [0, 0.1) is 6.92 Å². The van der Waals surface area contributed by atoms with Gasteiger partial charge in [-0.3, -0.25) is 14.7 Å². The van der Waals surface area contributed by atoms with Crippen molar-refractivity contribution in [1.82, 2.24) is 19.5 Å². The summed E-state index contributed by atoms with van der Waals surface area (Å²) in [6.45, 7) is 2.32. The first kappa shape index (κ1) is 18.1. The standard InChI is InChI=1S/C20H19N5O2S/c1-13-7-8-15(27-3)16-17(13)28-20(23-16)25(12-14-6-4-5-9-21-14)19(26)18-22-10-11-24(18)2/h4-11H,12H2,1-3H3. The molecule has 3 aromatic heterocycles. The fourth-order valence-electron chi connectivity index (χ4n) is 2.95. The number of pyridine rings is 1. The molecule has 0 aliphatic rings. The SMILES string of the molecule is COc1ccc(C)c2sc(N(Cc3ccccn3)C(=O)c3nccn3C)nc12. The number of fused-ring (bicyclic) bond motifs is 1. The van der Waals surface area contributed by atoms with Gasteiger partial charge in [-0.05, 0) is 30.7 Å². The number of rotatable bonds is 5. The van der Waals surface area contributed by atoms with Gasteiger partial charge in [-0.25, -0.2) is 9.97 Å². The number of thiazole rings is 1. The molecule has 0 bridgehead atoms. The zero-order valence-electron chi connectivity index (χ0n) is 15.8. The molecule has 0 saturated heterocycles. The Bertz CT molecular complexity index is 1140. The molecule has 3 heterocycles. The first-order valence-corrected chi connectivity index (χ1v) is 9.53. The summed E-state index contributed by atoms with van der Waals surface area (Å²) < 4.78 is 8.15. The van der Waals surface area contributed by atoms with Crippen molar-refractivity contribution in [1.29, 1.82) is 0 Å². The van der Waals surface area contributed by atoms with Crippen LogP contribution in [0.4, 0.5) is 5.13 Å². The molecule has 0 fully saturated rings. The molecule has 0 N–H and O–H groups in total. The number of imidazole rings is 1. The van der Waals surface area contributed by atoms with E-state index in [2.05, 4.69) is 9.97 Å². The average Bonchev–Trinajstić information content (AvgIpc) is 3.34. The van der Waals surface area contributed by atoms with Crippen molar-refractivity contribution in [3.05, 3.63) is 66.0 Å². The second-order valence-electron chi connectivity index (χ2n) is 6.33. The summed E-state index contributed by atoms with van der Waals surface area (Å²) in [6.07, 6.45) is 5.07. The number of ether oxygens (including phenoxy) is 1. The Balaban J connectivity index is 1.83. The zero-order valence-corrected chi connectivity index (χ0v) is 16.6. The van der Waals surface area contributed by atoms with Gasteiger partial charge in [0.05, 0.1) is 24.0 Å². The highest BCUT2D eigenvalue weighted by Gasteiger charge is 2.26. The van der Waals surface area contributed by atoms with Crippen molar-refractivity contribution < 1.29 is 9.53 Å². The number of methoxy groups -OCH3 is 1. The van der Waals surface area contributed by atoms with Crippen LogP contribution in [-0.4, -0.2) is 32.5 Å². The molecular weight excluding hydrogens is 374 g/mol. The molecule has 4 aromatic rings. The van der Waals surface area contributed by atoms with Gasteiger partial charge >= 0.3 is 0 Å². The monoisotopic (exact) mass is 393 g/mol.